The van der Waals surface area contributed by atoms with Crippen molar-refractivity contribution in [1.29, 1.82) is 0 Å². The summed E-state index contributed by atoms with van der Waals surface area (Å²) in [5.74, 6) is -0.0212. The van der Waals surface area contributed by atoms with Crippen LogP contribution in [0.1, 0.15) is 46.0 Å². The molecule has 0 saturated heterocycles. The summed E-state index contributed by atoms with van der Waals surface area (Å²) in [5.41, 5.74) is 0. The van der Waals surface area contributed by atoms with Crippen LogP contribution in [-0.4, -0.2) is 12.1 Å². The van der Waals surface area contributed by atoms with E-state index in [0.717, 1.165) is 19.3 Å². The van der Waals surface area contributed by atoms with E-state index in [2.05, 4.69) is 19.2 Å². The summed E-state index contributed by atoms with van der Waals surface area (Å²) < 4.78 is 13.5. The smallest absolute Gasteiger partial charge is 0.117 e. The SMILES string of the molecule is CCCCC(C)NC1CCC=CC=C1F. The van der Waals surface area contributed by atoms with Gasteiger partial charge in [-0.15, -0.1) is 0 Å². The maximum absolute atomic E-state index is 13.5. The monoisotopic (exact) mass is 211 g/mol. The van der Waals surface area contributed by atoms with Crippen LogP contribution in [0.3, 0.4) is 0 Å². The van der Waals surface area contributed by atoms with Gasteiger partial charge >= 0.3 is 0 Å². The van der Waals surface area contributed by atoms with Gasteiger partial charge in [0.2, 0.25) is 0 Å². The number of hydrogen-bond acceptors (Lipinski definition) is 1. The Kier molecular flexibility index (Phi) is 5.62. The van der Waals surface area contributed by atoms with E-state index in [4.69, 9.17) is 0 Å². The zero-order valence-corrected chi connectivity index (χ0v) is 9.80. The first kappa shape index (κ1) is 12.4. The molecule has 0 radical (unpaired) electrons. The fraction of sp³-hybridized carbons (Fsp3) is 0.692. The summed E-state index contributed by atoms with van der Waals surface area (Å²) in [6.45, 7) is 4.32. The Hall–Kier alpha value is -0.630. The molecule has 1 N–H and O–H groups in total. The topological polar surface area (TPSA) is 12.0 Å². The fourth-order valence-electron chi connectivity index (χ4n) is 1.87. The Balaban J connectivity index is 2.36. The predicted molar refractivity (Wildman–Crippen MR) is 63.5 cm³/mol. The highest BCUT2D eigenvalue weighted by atomic mass is 19.1. The van der Waals surface area contributed by atoms with Crippen LogP contribution >= 0.6 is 0 Å². The molecule has 15 heavy (non-hydrogen) atoms. The molecule has 1 nitrogen and oxygen atoms in total. The second-order valence-corrected chi connectivity index (χ2v) is 4.32. The maximum Gasteiger partial charge on any atom is 0.117 e. The second-order valence-electron chi connectivity index (χ2n) is 4.32. The molecule has 0 spiro atoms. The summed E-state index contributed by atoms with van der Waals surface area (Å²) in [6, 6.07) is 0.332. The Morgan fingerprint density at radius 2 is 2.40 bits per heavy atom. The summed E-state index contributed by atoms with van der Waals surface area (Å²) in [5, 5.41) is 3.36. The maximum atomic E-state index is 13.5. The van der Waals surface area contributed by atoms with Crippen LogP contribution in [0.5, 0.6) is 0 Å². The molecule has 0 aliphatic heterocycles. The van der Waals surface area contributed by atoms with Gasteiger partial charge in [-0.3, -0.25) is 0 Å². The van der Waals surface area contributed by atoms with E-state index in [1.807, 2.05) is 12.2 Å². The fourth-order valence-corrected chi connectivity index (χ4v) is 1.87. The third kappa shape index (κ3) is 4.61. The van der Waals surface area contributed by atoms with Crippen molar-refractivity contribution in [2.45, 2.75) is 58.0 Å². The standard InChI is InChI=1S/C13H22FN/c1-3-4-8-11(2)15-13-10-7-5-6-9-12(13)14/h5-6,9,11,13,15H,3-4,7-8,10H2,1-2H3. The van der Waals surface area contributed by atoms with Gasteiger partial charge in [0.25, 0.3) is 0 Å². The van der Waals surface area contributed by atoms with E-state index in [1.165, 1.54) is 12.8 Å². The van der Waals surface area contributed by atoms with E-state index in [9.17, 15) is 4.39 Å². The first-order chi connectivity index (χ1) is 7.24. The van der Waals surface area contributed by atoms with Crippen LogP contribution in [0, 0.1) is 0 Å². The largest absolute Gasteiger partial charge is 0.305 e. The number of nitrogens with one attached hydrogen (secondary N) is 1. The third-order valence-corrected chi connectivity index (χ3v) is 2.82. The molecule has 0 aromatic carbocycles. The molecule has 0 amide bonds. The van der Waals surface area contributed by atoms with Gasteiger partial charge in [0.05, 0.1) is 6.04 Å². The van der Waals surface area contributed by atoms with Gasteiger partial charge in [-0.2, -0.15) is 0 Å². The molecule has 0 heterocycles. The van der Waals surface area contributed by atoms with E-state index in [1.54, 1.807) is 6.08 Å². The molecular weight excluding hydrogens is 189 g/mol. The average Bonchev–Trinajstić information content (AvgIpc) is 2.42. The Bertz CT molecular complexity index is 233. The van der Waals surface area contributed by atoms with Gasteiger partial charge in [0, 0.05) is 6.04 Å². The van der Waals surface area contributed by atoms with E-state index in [-0.39, 0.29) is 11.9 Å². The molecule has 1 aliphatic carbocycles. The Morgan fingerprint density at radius 3 is 3.13 bits per heavy atom. The highest BCUT2D eigenvalue weighted by Gasteiger charge is 2.16. The highest BCUT2D eigenvalue weighted by molar-refractivity contribution is 5.15. The minimum Gasteiger partial charge on any atom is -0.305 e. The number of halogens is 1. The van der Waals surface area contributed by atoms with Gasteiger partial charge in [-0.25, -0.2) is 4.39 Å². The molecule has 86 valence electrons. The number of rotatable bonds is 5. The molecule has 0 bridgehead atoms. The summed E-state index contributed by atoms with van der Waals surface area (Å²) in [7, 11) is 0. The molecule has 1 rings (SSSR count). The van der Waals surface area contributed by atoms with Crippen LogP contribution < -0.4 is 5.32 Å². The lowest BCUT2D eigenvalue weighted by Gasteiger charge is -2.21. The Morgan fingerprint density at radius 1 is 1.60 bits per heavy atom. The molecule has 0 aromatic rings. The lowest BCUT2D eigenvalue weighted by molar-refractivity contribution is 0.389. The van der Waals surface area contributed by atoms with E-state index in [0.29, 0.717) is 6.04 Å². The lowest BCUT2D eigenvalue weighted by atomic mass is 10.1. The predicted octanol–water partition coefficient (Wildman–Crippen LogP) is 3.73. The van der Waals surface area contributed by atoms with Crippen molar-refractivity contribution in [3.8, 4) is 0 Å². The molecular formula is C13H22FN. The lowest BCUT2D eigenvalue weighted by Crippen LogP contribution is -2.36. The average molecular weight is 211 g/mol. The van der Waals surface area contributed by atoms with Gasteiger partial charge in [0.1, 0.15) is 5.83 Å². The minimum absolute atomic E-state index is 0.0212. The molecule has 2 atom stereocenters. The van der Waals surface area contributed by atoms with Crippen LogP contribution in [0.25, 0.3) is 0 Å². The van der Waals surface area contributed by atoms with Crippen molar-refractivity contribution in [3.63, 3.8) is 0 Å². The van der Waals surface area contributed by atoms with Gasteiger partial charge in [-0.05, 0) is 32.3 Å². The molecule has 0 fully saturated rings. The molecule has 2 heteroatoms. The van der Waals surface area contributed by atoms with Crippen LogP contribution in [0.15, 0.2) is 24.1 Å². The first-order valence-corrected chi connectivity index (χ1v) is 6.02. The second kappa shape index (κ2) is 6.78. The van der Waals surface area contributed by atoms with Crippen molar-refractivity contribution in [3.05, 3.63) is 24.1 Å². The van der Waals surface area contributed by atoms with Crippen molar-refractivity contribution in [1.82, 2.24) is 5.32 Å². The van der Waals surface area contributed by atoms with Gasteiger partial charge < -0.3 is 5.32 Å². The quantitative estimate of drug-likeness (QED) is 0.730. The number of hydrogen-bond donors (Lipinski definition) is 1. The summed E-state index contributed by atoms with van der Waals surface area (Å²) in [4.78, 5) is 0. The molecule has 1 aliphatic rings. The highest BCUT2D eigenvalue weighted by Crippen LogP contribution is 2.16. The van der Waals surface area contributed by atoms with Crippen LogP contribution in [-0.2, 0) is 0 Å². The number of allylic oxidation sites excluding steroid dienone is 3. The zero-order valence-electron chi connectivity index (χ0n) is 9.80. The first-order valence-electron chi connectivity index (χ1n) is 6.02. The van der Waals surface area contributed by atoms with Gasteiger partial charge in [0.15, 0.2) is 0 Å². The van der Waals surface area contributed by atoms with E-state index < -0.39 is 0 Å². The summed E-state index contributed by atoms with van der Waals surface area (Å²) in [6.07, 6.45) is 10.8. The van der Waals surface area contributed by atoms with Crippen molar-refractivity contribution >= 4 is 0 Å². The molecule has 0 aromatic heterocycles. The zero-order chi connectivity index (χ0) is 11.1. The van der Waals surface area contributed by atoms with Crippen molar-refractivity contribution in [2.75, 3.05) is 0 Å². The van der Waals surface area contributed by atoms with Gasteiger partial charge in [-0.1, -0.05) is 31.9 Å². The normalized spacial score (nSPS) is 23.4. The Labute approximate surface area is 92.4 Å². The summed E-state index contributed by atoms with van der Waals surface area (Å²) >= 11 is 0. The van der Waals surface area contributed by atoms with E-state index >= 15 is 0 Å². The van der Waals surface area contributed by atoms with Crippen LogP contribution in [0.4, 0.5) is 4.39 Å². The minimum atomic E-state index is -0.0770. The van der Waals surface area contributed by atoms with Crippen molar-refractivity contribution < 1.29 is 4.39 Å². The molecule has 2 unspecified atom stereocenters. The number of unbranched alkanes of at least 4 members (excludes halogenated alkanes) is 1. The molecule has 0 saturated carbocycles. The van der Waals surface area contributed by atoms with Crippen molar-refractivity contribution in [2.24, 2.45) is 0 Å². The third-order valence-electron chi connectivity index (χ3n) is 2.82. The van der Waals surface area contributed by atoms with Crippen LogP contribution in [0.2, 0.25) is 0 Å².